The normalized spacial score (nSPS) is 11.0. The molecule has 22 heavy (non-hydrogen) atoms. The van der Waals surface area contributed by atoms with Gasteiger partial charge in [-0.15, -0.1) is 0 Å². The molecule has 0 atom stereocenters. The van der Waals surface area contributed by atoms with Crippen molar-refractivity contribution in [1.29, 1.82) is 0 Å². The number of nitrogens with one attached hydrogen (secondary N) is 1. The zero-order chi connectivity index (χ0) is 15.4. The van der Waals surface area contributed by atoms with Crippen LogP contribution in [0.25, 0.3) is 27.4 Å². The summed E-state index contributed by atoms with van der Waals surface area (Å²) >= 11 is 0. The Morgan fingerprint density at radius 3 is 2.86 bits per heavy atom. The van der Waals surface area contributed by atoms with E-state index in [1.54, 1.807) is 12.4 Å². The smallest absolute Gasteiger partial charge is 0.0462 e. The van der Waals surface area contributed by atoms with Crippen LogP contribution in [0.4, 0.5) is 5.69 Å². The lowest BCUT2D eigenvalue weighted by molar-refractivity contribution is 1.21. The number of hydrogen-bond donors (Lipinski definition) is 1. The molecule has 0 radical (unpaired) electrons. The van der Waals surface area contributed by atoms with Crippen molar-refractivity contribution >= 4 is 22.7 Å². The van der Waals surface area contributed by atoms with Crippen molar-refractivity contribution in [2.75, 3.05) is 0 Å². The van der Waals surface area contributed by atoms with Gasteiger partial charge < -0.3 is 4.98 Å². The van der Waals surface area contributed by atoms with Crippen LogP contribution in [0.1, 0.15) is 16.8 Å². The van der Waals surface area contributed by atoms with Gasteiger partial charge in [0.1, 0.15) is 0 Å². The summed E-state index contributed by atoms with van der Waals surface area (Å²) in [5.74, 6) is 0. The van der Waals surface area contributed by atoms with Crippen LogP contribution in [-0.2, 0) is 6.42 Å². The number of allylic oxidation sites excluding steroid dienone is 1. The Morgan fingerprint density at radius 2 is 2.09 bits per heavy atom. The summed E-state index contributed by atoms with van der Waals surface area (Å²) in [6.07, 6.45) is 8.68. The summed E-state index contributed by atoms with van der Waals surface area (Å²) in [4.78, 5) is 10.2. The molecule has 1 N–H and O–H groups in total. The predicted octanol–water partition coefficient (Wildman–Crippen LogP) is 5.07. The fourth-order valence-electron chi connectivity index (χ4n) is 2.50. The molecule has 1 aromatic carbocycles. The van der Waals surface area contributed by atoms with Gasteiger partial charge in [0.15, 0.2) is 0 Å². The molecule has 108 valence electrons. The molecule has 0 aliphatic carbocycles. The quantitative estimate of drug-likeness (QED) is 0.406. The number of aromatic amines is 1. The number of H-pyrrole nitrogens is 1. The van der Waals surface area contributed by atoms with E-state index in [1.165, 1.54) is 5.56 Å². The van der Waals surface area contributed by atoms with Gasteiger partial charge in [-0.2, -0.15) is 0 Å². The summed E-state index contributed by atoms with van der Waals surface area (Å²) in [6, 6.07) is 9.66. The minimum atomic E-state index is 0.623. The van der Waals surface area contributed by atoms with E-state index in [0.717, 1.165) is 28.6 Å². The number of azide groups is 1. The molecule has 5 heteroatoms. The molecule has 2 aromatic heterocycles. The Morgan fingerprint density at radius 1 is 1.27 bits per heavy atom. The van der Waals surface area contributed by atoms with E-state index in [0.29, 0.717) is 5.69 Å². The molecular weight excluding hydrogens is 274 g/mol. The number of aromatic nitrogens is 2. The second-order valence-corrected chi connectivity index (χ2v) is 5.04. The number of fused-ring (bicyclic) bond motifs is 1. The summed E-state index contributed by atoms with van der Waals surface area (Å²) in [6.45, 7) is 2.04. The Bertz CT molecular complexity index is 871. The van der Waals surface area contributed by atoms with Gasteiger partial charge in [0, 0.05) is 45.2 Å². The van der Waals surface area contributed by atoms with Gasteiger partial charge in [0.25, 0.3) is 0 Å². The molecule has 0 unspecified atom stereocenters. The van der Waals surface area contributed by atoms with Crippen LogP contribution in [0.5, 0.6) is 0 Å². The number of nitrogens with zero attached hydrogens (tertiary/aromatic N) is 4. The monoisotopic (exact) mass is 289 g/mol. The first kappa shape index (κ1) is 13.9. The van der Waals surface area contributed by atoms with Gasteiger partial charge >= 0.3 is 0 Å². The summed E-state index contributed by atoms with van der Waals surface area (Å²) in [5, 5.41) is 4.73. The topological polar surface area (TPSA) is 77.4 Å². The third-order valence-electron chi connectivity index (χ3n) is 3.57. The van der Waals surface area contributed by atoms with Gasteiger partial charge in [-0.3, -0.25) is 4.98 Å². The summed E-state index contributed by atoms with van der Waals surface area (Å²) in [5.41, 5.74) is 13.7. The van der Waals surface area contributed by atoms with E-state index in [-0.39, 0.29) is 0 Å². The highest BCUT2D eigenvalue weighted by Crippen LogP contribution is 2.27. The van der Waals surface area contributed by atoms with E-state index in [2.05, 4.69) is 32.1 Å². The van der Waals surface area contributed by atoms with Gasteiger partial charge in [0.05, 0.1) is 0 Å². The molecule has 0 saturated heterocycles. The first-order valence-corrected chi connectivity index (χ1v) is 7.01. The molecule has 5 nitrogen and oxygen atoms in total. The summed E-state index contributed by atoms with van der Waals surface area (Å²) < 4.78 is 0. The molecule has 0 spiro atoms. The number of benzene rings is 1. The van der Waals surface area contributed by atoms with Gasteiger partial charge in [-0.05, 0) is 48.7 Å². The van der Waals surface area contributed by atoms with Crippen LogP contribution in [-0.4, -0.2) is 9.97 Å². The predicted molar refractivity (Wildman–Crippen MR) is 88.8 cm³/mol. The molecule has 0 saturated carbocycles. The Kier molecular flexibility index (Phi) is 3.90. The number of rotatable bonds is 4. The largest absolute Gasteiger partial charge is 0.358 e. The molecule has 0 aliphatic heterocycles. The van der Waals surface area contributed by atoms with Crippen LogP contribution in [0.15, 0.2) is 53.9 Å². The highest BCUT2D eigenvalue weighted by molar-refractivity contribution is 5.92. The maximum Gasteiger partial charge on any atom is 0.0462 e. The van der Waals surface area contributed by atoms with E-state index < -0.39 is 0 Å². The average molecular weight is 289 g/mol. The number of hydrogen-bond acceptors (Lipinski definition) is 2. The molecule has 3 aromatic rings. The van der Waals surface area contributed by atoms with E-state index in [9.17, 15) is 0 Å². The molecule has 0 bridgehead atoms. The third-order valence-corrected chi connectivity index (χ3v) is 3.57. The number of aryl methyl sites for hydroxylation is 1. The average Bonchev–Trinajstić information content (AvgIpc) is 2.84. The third kappa shape index (κ3) is 2.85. The lowest BCUT2D eigenvalue weighted by Gasteiger charge is -1.97. The maximum absolute atomic E-state index is 8.57. The van der Waals surface area contributed by atoms with Gasteiger partial charge in [-0.25, -0.2) is 0 Å². The van der Waals surface area contributed by atoms with Crippen molar-refractivity contribution < 1.29 is 0 Å². The Labute approximate surface area is 128 Å². The molecule has 0 aliphatic rings. The molecule has 0 amide bonds. The summed E-state index contributed by atoms with van der Waals surface area (Å²) in [7, 11) is 0. The van der Waals surface area contributed by atoms with E-state index >= 15 is 0 Å². The van der Waals surface area contributed by atoms with Crippen LogP contribution < -0.4 is 0 Å². The fraction of sp³-hybridized carbons (Fsp3) is 0.118. The van der Waals surface area contributed by atoms with Crippen LogP contribution in [0, 0.1) is 6.92 Å². The highest BCUT2D eigenvalue weighted by Gasteiger charge is 2.06. The SMILES string of the molecule is Cc1[nH]c2ccc(N=[N+]=[N-])cc2c1C=CCc1ccncc1. The molecular formula is C17H15N5. The minimum absolute atomic E-state index is 0.623. The standard InChI is InChI=1S/C17H15N5/c1-12-15(4-2-3-13-7-9-19-10-8-13)16-11-14(21-22-18)5-6-17(16)20-12/h2,4-11,20H,3H2,1H3. The van der Waals surface area contributed by atoms with Crippen LogP contribution in [0.2, 0.25) is 0 Å². The second kappa shape index (κ2) is 6.16. The number of pyridine rings is 1. The fourth-order valence-corrected chi connectivity index (χ4v) is 2.50. The van der Waals surface area contributed by atoms with Crippen molar-refractivity contribution in [3.8, 4) is 0 Å². The van der Waals surface area contributed by atoms with Crippen molar-refractivity contribution in [2.45, 2.75) is 13.3 Å². The zero-order valence-electron chi connectivity index (χ0n) is 12.2. The van der Waals surface area contributed by atoms with Gasteiger partial charge in [0.2, 0.25) is 0 Å². The van der Waals surface area contributed by atoms with Crippen molar-refractivity contribution in [1.82, 2.24) is 9.97 Å². The van der Waals surface area contributed by atoms with E-state index in [1.807, 2.05) is 37.3 Å². The lowest BCUT2D eigenvalue weighted by Crippen LogP contribution is -1.81. The van der Waals surface area contributed by atoms with Crippen LogP contribution in [0.3, 0.4) is 0 Å². The highest BCUT2D eigenvalue weighted by atomic mass is 15.1. The van der Waals surface area contributed by atoms with Crippen molar-refractivity contribution in [3.05, 3.63) is 76.1 Å². The Hall–Kier alpha value is -3.04. The van der Waals surface area contributed by atoms with Crippen molar-refractivity contribution in [3.63, 3.8) is 0 Å². The minimum Gasteiger partial charge on any atom is -0.358 e. The molecule has 0 fully saturated rings. The van der Waals surface area contributed by atoms with Crippen molar-refractivity contribution in [2.24, 2.45) is 5.11 Å². The first-order chi connectivity index (χ1) is 10.8. The Balaban J connectivity index is 1.93. The van der Waals surface area contributed by atoms with Crippen LogP contribution >= 0.6 is 0 Å². The lowest BCUT2D eigenvalue weighted by atomic mass is 10.1. The van der Waals surface area contributed by atoms with E-state index in [4.69, 9.17) is 5.53 Å². The first-order valence-electron chi connectivity index (χ1n) is 7.01. The molecule has 3 rings (SSSR count). The maximum atomic E-state index is 8.57. The molecule has 2 heterocycles. The van der Waals surface area contributed by atoms with Gasteiger partial charge in [-0.1, -0.05) is 23.3 Å². The zero-order valence-corrected chi connectivity index (χ0v) is 12.2. The second-order valence-electron chi connectivity index (χ2n) is 5.04.